The van der Waals surface area contributed by atoms with Crippen LogP contribution in [0.3, 0.4) is 0 Å². The molecule has 13 heavy (non-hydrogen) atoms. The summed E-state index contributed by atoms with van der Waals surface area (Å²) in [5, 5.41) is 11.5. The highest BCUT2D eigenvalue weighted by Gasteiger charge is 2.46. The zero-order chi connectivity index (χ0) is 9.90. The Kier molecular flexibility index (Phi) is 3.24. The molecule has 1 aliphatic carbocycles. The van der Waals surface area contributed by atoms with Crippen molar-refractivity contribution in [2.24, 2.45) is 5.73 Å². The lowest BCUT2D eigenvalue weighted by molar-refractivity contribution is -0.124. The standard InChI is InChI=1S/C8H16N2O3/c1-13-5-6(4-11)10-7(12)8(9)2-3-8/h6,11H,2-5,9H2,1H3,(H,10,12). The summed E-state index contributed by atoms with van der Waals surface area (Å²) in [6.45, 7) is 0.175. The molecule has 5 heteroatoms. The van der Waals surface area contributed by atoms with E-state index in [1.54, 1.807) is 0 Å². The zero-order valence-corrected chi connectivity index (χ0v) is 7.75. The van der Waals surface area contributed by atoms with Gasteiger partial charge < -0.3 is 20.9 Å². The average molecular weight is 188 g/mol. The minimum atomic E-state index is -0.679. The highest BCUT2D eigenvalue weighted by molar-refractivity contribution is 5.89. The summed E-state index contributed by atoms with van der Waals surface area (Å²) in [4.78, 5) is 11.4. The van der Waals surface area contributed by atoms with Crippen molar-refractivity contribution in [3.05, 3.63) is 0 Å². The molecule has 5 nitrogen and oxygen atoms in total. The van der Waals surface area contributed by atoms with E-state index >= 15 is 0 Å². The highest BCUT2D eigenvalue weighted by atomic mass is 16.5. The summed E-state index contributed by atoms with van der Waals surface area (Å²) in [5.41, 5.74) is 4.98. The van der Waals surface area contributed by atoms with Gasteiger partial charge in [0.2, 0.25) is 5.91 Å². The Labute approximate surface area is 77.2 Å². The van der Waals surface area contributed by atoms with Crippen LogP contribution < -0.4 is 11.1 Å². The van der Waals surface area contributed by atoms with Crippen molar-refractivity contribution in [3.8, 4) is 0 Å². The van der Waals surface area contributed by atoms with Crippen molar-refractivity contribution in [3.63, 3.8) is 0 Å². The first kappa shape index (κ1) is 10.4. The Balaban J connectivity index is 2.32. The van der Waals surface area contributed by atoms with E-state index in [1.807, 2.05) is 0 Å². The SMILES string of the molecule is COCC(CO)NC(=O)C1(N)CC1. The first-order valence-electron chi connectivity index (χ1n) is 4.32. The maximum Gasteiger partial charge on any atom is 0.240 e. The van der Waals surface area contributed by atoms with Gasteiger partial charge in [0.1, 0.15) is 0 Å². The molecule has 0 spiro atoms. The number of nitrogens with one attached hydrogen (secondary N) is 1. The van der Waals surface area contributed by atoms with Gasteiger partial charge in [-0.25, -0.2) is 0 Å². The number of methoxy groups -OCH3 is 1. The second kappa shape index (κ2) is 4.04. The molecule has 0 aromatic carbocycles. The van der Waals surface area contributed by atoms with Gasteiger partial charge in [-0.05, 0) is 12.8 Å². The number of hydrogen-bond acceptors (Lipinski definition) is 4. The monoisotopic (exact) mass is 188 g/mol. The molecule has 0 aromatic heterocycles. The van der Waals surface area contributed by atoms with Gasteiger partial charge in [-0.3, -0.25) is 4.79 Å². The fourth-order valence-electron chi connectivity index (χ4n) is 1.03. The number of ether oxygens (including phenoxy) is 1. The number of aliphatic hydroxyl groups is 1. The lowest BCUT2D eigenvalue weighted by Gasteiger charge is -2.17. The van der Waals surface area contributed by atoms with E-state index in [1.165, 1.54) is 7.11 Å². The third kappa shape index (κ3) is 2.65. The molecular formula is C8H16N2O3. The van der Waals surface area contributed by atoms with Crippen LogP contribution >= 0.6 is 0 Å². The number of hydrogen-bond donors (Lipinski definition) is 3. The average Bonchev–Trinajstić information content (AvgIpc) is 2.84. The molecule has 0 heterocycles. The Morgan fingerprint density at radius 1 is 1.77 bits per heavy atom. The van der Waals surface area contributed by atoms with Crippen LogP contribution in [0.25, 0.3) is 0 Å². The first-order chi connectivity index (χ1) is 6.12. The summed E-state index contributed by atoms with van der Waals surface area (Å²) in [5.74, 6) is -0.191. The van der Waals surface area contributed by atoms with Crippen molar-refractivity contribution in [2.45, 2.75) is 24.4 Å². The number of carbonyl (C=O) groups excluding carboxylic acids is 1. The Hall–Kier alpha value is -0.650. The quantitative estimate of drug-likeness (QED) is 0.495. The minimum Gasteiger partial charge on any atom is -0.394 e. The lowest BCUT2D eigenvalue weighted by atomic mass is 10.2. The van der Waals surface area contributed by atoms with Gasteiger partial charge in [-0.15, -0.1) is 0 Å². The summed E-state index contributed by atoms with van der Waals surface area (Å²) in [7, 11) is 1.52. The third-order valence-corrected chi connectivity index (χ3v) is 2.16. The van der Waals surface area contributed by atoms with E-state index in [2.05, 4.69) is 5.32 Å². The van der Waals surface area contributed by atoms with Crippen molar-refractivity contribution in [1.82, 2.24) is 5.32 Å². The number of carbonyl (C=O) groups is 1. The van der Waals surface area contributed by atoms with Crippen molar-refractivity contribution in [2.75, 3.05) is 20.3 Å². The van der Waals surface area contributed by atoms with Gasteiger partial charge >= 0.3 is 0 Å². The molecule has 76 valence electrons. The number of rotatable bonds is 5. The van der Waals surface area contributed by atoms with Crippen LogP contribution in [-0.4, -0.2) is 42.9 Å². The van der Waals surface area contributed by atoms with Gasteiger partial charge in [-0.2, -0.15) is 0 Å². The topological polar surface area (TPSA) is 84.6 Å². The van der Waals surface area contributed by atoms with E-state index in [9.17, 15) is 4.79 Å². The predicted molar refractivity (Wildman–Crippen MR) is 47.0 cm³/mol. The fourth-order valence-corrected chi connectivity index (χ4v) is 1.03. The molecule has 4 N–H and O–H groups in total. The van der Waals surface area contributed by atoms with E-state index in [4.69, 9.17) is 15.6 Å². The van der Waals surface area contributed by atoms with Crippen LogP contribution in [-0.2, 0) is 9.53 Å². The van der Waals surface area contributed by atoms with E-state index in [0.717, 1.165) is 12.8 Å². The molecule has 1 atom stereocenters. The van der Waals surface area contributed by atoms with Crippen LogP contribution in [0.15, 0.2) is 0 Å². The van der Waals surface area contributed by atoms with Gasteiger partial charge in [-0.1, -0.05) is 0 Å². The maximum absolute atomic E-state index is 11.4. The summed E-state index contributed by atoms with van der Waals surface area (Å²) < 4.78 is 4.81. The molecular weight excluding hydrogens is 172 g/mol. The molecule has 1 saturated carbocycles. The van der Waals surface area contributed by atoms with Crippen LogP contribution in [0.1, 0.15) is 12.8 Å². The lowest BCUT2D eigenvalue weighted by Crippen LogP contribution is -2.49. The normalized spacial score (nSPS) is 20.8. The summed E-state index contributed by atoms with van der Waals surface area (Å²) in [6, 6.07) is -0.349. The van der Waals surface area contributed by atoms with Gasteiger partial charge in [0.15, 0.2) is 0 Å². The molecule has 1 fully saturated rings. The third-order valence-electron chi connectivity index (χ3n) is 2.16. The zero-order valence-electron chi connectivity index (χ0n) is 7.75. The number of amides is 1. The number of aliphatic hydroxyl groups excluding tert-OH is 1. The highest BCUT2D eigenvalue weighted by Crippen LogP contribution is 2.32. The fraction of sp³-hybridized carbons (Fsp3) is 0.875. The number of nitrogens with two attached hydrogens (primary N) is 1. The van der Waals surface area contributed by atoms with Crippen LogP contribution in [0.4, 0.5) is 0 Å². The molecule has 0 bridgehead atoms. The largest absolute Gasteiger partial charge is 0.394 e. The van der Waals surface area contributed by atoms with Gasteiger partial charge in [0.25, 0.3) is 0 Å². The first-order valence-corrected chi connectivity index (χ1v) is 4.32. The second-order valence-corrected chi connectivity index (χ2v) is 3.46. The van der Waals surface area contributed by atoms with Crippen LogP contribution in [0, 0.1) is 0 Å². The molecule has 1 amide bonds. The molecule has 0 saturated heterocycles. The Morgan fingerprint density at radius 3 is 2.77 bits per heavy atom. The molecule has 0 radical (unpaired) electrons. The smallest absolute Gasteiger partial charge is 0.240 e. The van der Waals surface area contributed by atoms with E-state index in [-0.39, 0.29) is 18.6 Å². The van der Waals surface area contributed by atoms with E-state index < -0.39 is 5.54 Å². The Morgan fingerprint density at radius 2 is 2.38 bits per heavy atom. The van der Waals surface area contributed by atoms with Crippen molar-refractivity contribution >= 4 is 5.91 Å². The minimum absolute atomic E-state index is 0.129. The van der Waals surface area contributed by atoms with Gasteiger partial charge in [0, 0.05) is 7.11 Å². The van der Waals surface area contributed by atoms with Crippen molar-refractivity contribution < 1.29 is 14.6 Å². The summed E-state index contributed by atoms with van der Waals surface area (Å²) >= 11 is 0. The predicted octanol–water partition coefficient (Wildman–Crippen LogP) is -1.40. The maximum atomic E-state index is 11.4. The second-order valence-electron chi connectivity index (χ2n) is 3.46. The molecule has 1 unspecified atom stereocenters. The van der Waals surface area contributed by atoms with E-state index in [0.29, 0.717) is 6.61 Å². The molecule has 1 aliphatic rings. The molecule has 0 aliphatic heterocycles. The molecule has 1 rings (SSSR count). The molecule has 0 aromatic rings. The van der Waals surface area contributed by atoms with Crippen LogP contribution in [0.2, 0.25) is 0 Å². The Bertz CT molecular complexity index is 192. The van der Waals surface area contributed by atoms with Gasteiger partial charge in [0.05, 0.1) is 24.8 Å². The summed E-state index contributed by atoms with van der Waals surface area (Å²) in [6.07, 6.45) is 1.45. The van der Waals surface area contributed by atoms with Crippen molar-refractivity contribution in [1.29, 1.82) is 0 Å². The van der Waals surface area contributed by atoms with Crippen LogP contribution in [0.5, 0.6) is 0 Å².